The molecule has 0 fully saturated rings. The smallest absolute Gasteiger partial charge is 0.330 e. The zero-order chi connectivity index (χ0) is 21.2. The van der Waals surface area contributed by atoms with Crippen LogP contribution in [0.3, 0.4) is 0 Å². The molecule has 10 nitrogen and oxygen atoms in total. The number of aromatic nitrogens is 4. The summed E-state index contributed by atoms with van der Waals surface area (Å²) in [6.07, 6.45) is 3.95. The van der Waals surface area contributed by atoms with Crippen molar-refractivity contribution in [2.45, 2.75) is 25.7 Å². The van der Waals surface area contributed by atoms with Crippen molar-refractivity contribution < 1.29 is 28.1 Å². The minimum Gasteiger partial charge on any atom is -0.466 e. The second-order valence-corrected chi connectivity index (χ2v) is 6.15. The predicted molar refractivity (Wildman–Crippen MR) is 103 cm³/mol. The zero-order valence-electron chi connectivity index (χ0n) is 16.2. The maximum atomic E-state index is 11.8. The fourth-order valence-corrected chi connectivity index (χ4v) is 2.47. The Morgan fingerprint density at radius 1 is 1.07 bits per heavy atom. The van der Waals surface area contributed by atoms with Crippen LogP contribution in [0.2, 0.25) is 0 Å². The van der Waals surface area contributed by atoms with Gasteiger partial charge in [-0.2, -0.15) is 9.97 Å². The number of carbonyl (C=O) groups excluding carboxylic acids is 2. The van der Waals surface area contributed by atoms with Gasteiger partial charge in [-0.25, -0.2) is 4.79 Å². The topological polar surface area (TPSA) is 130 Å². The van der Waals surface area contributed by atoms with E-state index in [9.17, 15) is 9.59 Å². The Labute approximate surface area is 171 Å². The summed E-state index contributed by atoms with van der Waals surface area (Å²) >= 11 is 0. The molecular weight excluding hydrogens is 392 g/mol. The number of carbonyl (C=O) groups is 2. The number of aryl methyl sites for hydroxylation is 1. The van der Waals surface area contributed by atoms with Crippen molar-refractivity contribution in [3.05, 3.63) is 49.2 Å². The Morgan fingerprint density at radius 3 is 2.57 bits per heavy atom. The third-order valence-corrected chi connectivity index (χ3v) is 3.96. The molecule has 0 spiro atoms. The van der Waals surface area contributed by atoms with Gasteiger partial charge in [-0.05, 0) is 18.9 Å². The van der Waals surface area contributed by atoms with Gasteiger partial charge in [0, 0.05) is 23.6 Å². The average Bonchev–Trinajstić information content (AvgIpc) is 3.47. The van der Waals surface area contributed by atoms with E-state index in [0.717, 1.165) is 17.2 Å². The van der Waals surface area contributed by atoms with Gasteiger partial charge in [0.1, 0.15) is 0 Å². The summed E-state index contributed by atoms with van der Waals surface area (Å²) in [5.41, 5.74) is 1.49. The summed E-state index contributed by atoms with van der Waals surface area (Å²) in [7, 11) is 0. The molecule has 0 saturated heterocycles. The highest BCUT2D eigenvalue weighted by atomic mass is 16.5. The van der Waals surface area contributed by atoms with Gasteiger partial charge in [0.2, 0.25) is 23.9 Å². The number of unbranched alkanes of at least 4 members (excludes halogenated alkanes) is 1. The lowest BCUT2D eigenvalue weighted by Crippen LogP contribution is -2.08. The van der Waals surface area contributed by atoms with Crippen LogP contribution in [0.5, 0.6) is 0 Å². The van der Waals surface area contributed by atoms with E-state index in [-0.39, 0.29) is 32.0 Å². The van der Waals surface area contributed by atoms with Crippen molar-refractivity contribution in [3.63, 3.8) is 0 Å². The van der Waals surface area contributed by atoms with Crippen molar-refractivity contribution in [1.29, 1.82) is 0 Å². The number of hydrogen-bond acceptors (Lipinski definition) is 10. The van der Waals surface area contributed by atoms with Gasteiger partial charge in [0.05, 0.1) is 19.6 Å². The van der Waals surface area contributed by atoms with Crippen LogP contribution in [-0.4, -0.2) is 45.4 Å². The Hall–Kier alpha value is -3.82. The van der Waals surface area contributed by atoms with Crippen molar-refractivity contribution in [1.82, 2.24) is 20.3 Å². The van der Waals surface area contributed by atoms with Gasteiger partial charge < -0.3 is 18.5 Å². The largest absolute Gasteiger partial charge is 0.466 e. The first-order valence-electron chi connectivity index (χ1n) is 9.30. The van der Waals surface area contributed by atoms with E-state index < -0.39 is 5.97 Å². The lowest BCUT2D eigenvalue weighted by Gasteiger charge is -2.04. The summed E-state index contributed by atoms with van der Waals surface area (Å²) in [5.74, 6) is 0.368. The Morgan fingerprint density at radius 2 is 1.83 bits per heavy atom. The number of nitrogens with zero attached hydrogens (tertiary/aromatic N) is 4. The monoisotopic (exact) mass is 412 g/mol. The summed E-state index contributed by atoms with van der Waals surface area (Å²) in [5, 5.41) is 7.75. The lowest BCUT2D eigenvalue weighted by atomic mass is 10.1. The summed E-state index contributed by atoms with van der Waals surface area (Å²) < 4.78 is 19.9. The summed E-state index contributed by atoms with van der Waals surface area (Å²) in [6.45, 7) is 3.83. The fourth-order valence-electron chi connectivity index (χ4n) is 2.47. The summed E-state index contributed by atoms with van der Waals surface area (Å²) in [4.78, 5) is 31.0. The first-order valence-corrected chi connectivity index (χ1v) is 9.30. The SMILES string of the molecule is C=CC(=O)OCCCCOC(=O)CCc1nc(-c2cccc(-c3ncon3)c2)no1. The highest BCUT2D eigenvalue weighted by Gasteiger charge is 2.13. The first-order chi connectivity index (χ1) is 14.7. The van der Waals surface area contributed by atoms with Gasteiger partial charge >= 0.3 is 11.9 Å². The number of esters is 2. The standard InChI is InChI=1S/C20H20N4O6/c1-2-17(25)27-10-3-4-11-28-18(26)9-8-16-22-20(24-30-16)15-7-5-6-14(12-15)19-21-13-29-23-19/h2,5-7,12-13H,1,3-4,8-11H2. The Kier molecular flexibility index (Phi) is 7.42. The molecule has 0 saturated carbocycles. The van der Waals surface area contributed by atoms with Crippen molar-refractivity contribution in [2.24, 2.45) is 0 Å². The van der Waals surface area contributed by atoms with Crippen molar-refractivity contribution >= 4 is 11.9 Å². The highest BCUT2D eigenvalue weighted by molar-refractivity contribution is 5.81. The third-order valence-electron chi connectivity index (χ3n) is 3.96. The molecule has 0 radical (unpaired) electrons. The molecule has 0 aliphatic rings. The van der Waals surface area contributed by atoms with E-state index >= 15 is 0 Å². The lowest BCUT2D eigenvalue weighted by molar-refractivity contribution is -0.144. The van der Waals surface area contributed by atoms with Crippen LogP contribution >= 0.6 is 0 Å². The third kappa shape index (κ3) is 6.09. The number of hydrogen-bond donors (Lipinski definition) is 0. The normalized spacial score (nSPS) is 10.5. The number of benzene rings is 1. The van der Waals surface area contributed by atoms with Gasteiger partial charge in [0.25, 0.3) is 0 Å². The van der Waals surface area contributed by atoms with E-state index in [1.807, 2.05) is 24.3 Å². The van der Waals surface area contributed by atoms with Crippen LogP contribution in [-0.2, 0) is 25.5 Å². The van der Waals surface area contributed by atoms with E-state index in [0.29, 0.717) is 30.4 Å². The zero-order valence-corrected chi connectivity index (χ0v) is 16.2. The number of ether oxygens (including phenoxy) is 2. The maximum Gasteiger partial charge on any atom is 0.330 e. The maximum absolute atomic E-state index is 11.8. The van der Waals surface area contributed by atoms with Crippen molar-refractivity contribution in [2.75, 3.05) is 13.2 Å². The second-order valence-electron chi connectivity index (χ2n) is 6.15. The molecule has 0 aliphatic carbocycles. The van der Waals surface area contributed by atoms with Crippen LogP contribution in [0.15, 0.2) is 52.4 Å². The quantitative estimate of drug-likeness (QED) is 0.263. The Bertz CT molecular complexity index is 983. The molecule has 0 unspecified atom stereocenters. The molecule has 156 valence electrons. The predicted octanol–water partition coefficient (Wildman–Crippen LogP) is 2.77. The highest BCUT2D eigenvalue weighted by Crippen LogP contribution is 2.22. The molecule has 0 aliphatic heterocycles. The Balaban J connectivity index is 1.41. The van der Waals surface area contributed by atoms with Gasteiger partial charge in [-0.1, -0.05) is 35.1 Å². The van der Waals surface area contributed by atoms with Crippen LogP contribution < -0.4 is 0 Å². The van der Waals surface area contributed by atoms with Crippen LogP contribution in [0.1, 0.15) is 25.2 Å². The first kappa shape index (κ1) is 20.9. The van der Waals surface area contributed by atoms with E-state index in [4.69, 9.17) is 18.5 Å². The van der Waals surface area contributed by atoms with Gasteiger partial charge in [-0.15, -0.1) is 0 Å². The van der Waals surface area contributed by atoms with Crippen LogP contribution in [0.4, 0.5) is 0 Å². The molecule has 3 rings (SSSR count). The fraction of sp³-hybridized carbons (Fsp3) is 0.300. The molecule has 2 heterocycles. The molecule has 0 amide bonds. The molecule has 0 bridgehead atoms. The molecule has 0 atom stereocenters. The van der Waals surface area contributed by atoms with Crippen molar-refractivity contribution in [3.8, 4) is 22.8 Å². The second kappa shape index (κ2) is 10.6. The molecule has 30 heavy (non-hydrogen) atoms. The van der Waals surface area contributed by atoms with Gasteiger partial charge in [-0.3, -0.25) is 4.79 Å². The van der Waals surface area contributed by atoms with E-state index in [2.05, 4.69) is 26.9 Å². The molecule has 3 aromatic rings. The molecule has 10 heteroatoms. The summed E-state index contributed by atoms with van der Waals surface area (Å²) in [6, 6.07) is 7.32. The minimum absolute atomic E-state index is 0.121. The molecule has 0 N–H and O–H groups in total. The van der Waals surface area contributed by atoms with E-state index in [1.165, 1.54) is 6.39 Å². The minimum atomic E-state index is -0.465. The van der Waals surface area contributed by atoms with Crippen LogP contribution in [0.25, 0.3) is 22.8 Å². The molecular formula is C20H20N4O6. The number of rotatable bonds is 11. The van der Waals surface area contributed by atoms with Gasteiger partial charge in [0.15, 0.2) is 0 Å². The van der Waals surface area contributed by atoms with Crippen LogP contribution in [0, 0.1) is 0 Å². The average molecular weight is 412 g/mol. The van der Waals surface area contributed by atoms with E-state index in [1.54, 1.807) is 0 Å². The molecule has 2 aromatic heterocycles. The molecule has 1 aromatic carbocycles.